The normalized spacial score (nSPS) is 19.0. The molecule has 0 unspecified atom stereocenters. The second kappa shape index (κ2) is 10.5. The average molecular weight is 415 g/mol. The number of aryl methyl sites for hydroxylation is 1. The molecule has 0 spiro atoms. The number of hydrogen-bond acceptors (Lipinski definition) is 5. The molecule has 29 heavy (non-hydrogen) atoms. The molecule has 1 fully saturated rings. The van der Waals surface area contributed by atoms with Crippen LogP contribution in [-0.2, 0) is 17.9 Å². The standard InChI is InChI=1S/C22H30N4O2S/c1-4-12-26-20(14-28-18-10-7-8-16(2)13-18)24-25-22(26)29-15-21(27)23-19-11-6-5-9-17(19)3/h4,7-8,10,13,17,19H,1,5-6,9,11-12,14-15H2,2-3H3,(H,23,27)/t17-,19+/m0/s1. The molecule has 1 aromatic heterocycles. The van der Waals surface area contributed by atoms with Gasteiger partial charge in [0.15, 0.2) is 11.0 Å². The van der Waals surface area contributed by atoms with Crippen LogP contribution in [0.25, 0.3) is 0 Å². The van der Waals surface area contributed by atoms with Crippen molar-refractivity contribution < 1.29 is 9.53 Å². The SMILES string of the molecule is C=CCn1c(COc2cccc(C)c2)nnc1SCC(=O)N[C@@H]1CCCC[C@@H]1C. The van der Waals surface area contributed by atoms with Crippen molar-refractivity contribution in [2.45, 2.75) is 63.9 Å². The topological polar surface area (TPSA) is 69.0 Å². The van der Waals surface area contributed by atoms with E-state index < -0.39 is 0 Å². The van der Waals surface area contributed by atoms with E-state index in [0.29, 0.717) is 36.0 Å². The number of allylic oxidation sites excluding steroid dienone is 1. The maximum Gasteiger partial charge on any atom is 0.230 e. The number of carbonyl (C=O) groups excluding carboxylic acids is 1. The zero-order chi connectivity index (χ0) is 20.6. The molecule has 0 aliphatic heterocycles. The lowest BCUT2D eigenvalue weighted by atomic mass is 9.86. The summed E-state index contributed by atoms with van der Waals surface area (Å²) in [7, 11) is 0. The Morgan fingerprint density at radius 3 is 2.97 bits per heavy atom. The van der Waals surface area contributed by atoms with Gasteiger partial charge in [0.1, 0.15) is 12.4 Å². The minimum Gasteiger partial charge on any atom is -0.486 e. The zero-order valence-corrected chi connectivity index (χ0v) is 18.1. The van der Waals surface area contributed by atoms with Crippen LogP contribution in [0.4, 0.5) is 0 Å². The number of hydrogen-bond donors (Lipinski definition) is 1. The Morgan fingerprint density at radius 1 is 1.38 bits per heavy atom. The summed E-state index contributed by atoms with van der Waals surface area (Å²) in [6.45, 7) is 8.96. The Morgan fingerprint density at radius 2 is 2.21 bits per heavy atom. The molecule has 1 amide bonds. The number of ether oxygens (including phenoxy) is 1. The fourth-order valence-corrected chi connectivity index (χ4v) is 4.39. The van der Waals surface area contributed by atoms with Gasteiger partial charge in [0.25, 0.3) is 0 Å². The first-order valence-corrected chi connectivity index (χ1v) is 11.2. The summed E-state index contributed by atoms with van der Waals surface area (Å²) in [5.74, 6) is 2.45. The molecule has 2 aromatic rings. The van der Waals surface area contributed by atoms with Crippen molar-refractivity contribution in [1.29, 1.82) is 0 Å². The molecular weight excluding hydrogens is 384 g/mol. The summed E-state index contributed by atoms with van der Waals surface area (Å²) in [6, 6.07) is 8.20. The summed E-state index contributed by atoms with van der Waals surface area (Å²) >= 11 is 1.40. The number of amides is 1. The van der Waals surface area contributed by atoms with Gasteiger partial charge in [-0.25, -0.2) is 0 Å². The van der Waals surface area contributed by atoms with Crippen molar-refractivity contribution in [3.8, 4) is 5.75 Å². The molecule has 0 saturated heterocycles. The smallest absolute Gasteiger partial charge is 0.230 e. The third kappa shape index (κ3) is 6.10. The van der Waals surface area contributed by atoms with E-state index in [1.165, 1.54) is 31.0 Å². The van der Waals surface area contributed by atoms with Crippen molar-refractivity contribution in [1.82, 2.24) is 20.1 Å². The summed E-state index contributed by atoms with van der Waals surface area (Å²) in [6.07, 6.45) is 6.52. The van der Waals surface area contributed by atoms with Gasteiger partial charge >= 0.3 is 0 Å². The van der Waals surface area contributed by atoms with Crippen LogP contribution < -0.4 is 10.1 Å². The van der Waals surface area contributed by atoms with E-state index in [0.717, 1.165) is 23.6 Å². The Kier molecular flexibility index (Phi) is 7.75. The quantitative estimate of drug-likeness (QED) is 0.493. The Hall–Kier alpha value is -2.28. The van der Waals surface area contributed by atoms with Crippen LogP contribution in [0.3, 0.4) is 0 Å². The van der Waals surface area contributed by atoms with E-state index in [9.17, 15) is 4.79 Å². The third-order valence-corrected chi connectivity index (χ3v) is 6.22. The van der Waals surface area contributed by atoms with E-state index in [-0.39, 0.29) is 5.91 Å². The molecule has 1 heterocycles. The van der Waals surface area contributed by atoms with Gasteiger partial charge < -0.3 is 10.1 Å². The molecule has 0 radical (unpaired) electrons. The summed E-state index contributed by atoms with van der Waals surface area (Å²) in [4.78, 5) is 12.4. The fourth-order valence-electron chi connectivity index (χ4n) is 3.61. The van der Waals surface area contributed by atoms with E-state index in [1.54, 1.807) is 6.08 Å². The first-order chi connectivity index (χ1) is 14.1. The molecule has 156 valence electrons. The van der Waals surface area contributed by atoms with Gasteiger partial charge in [0, 0.05) is 12.6 Å². The highest BCUT2D eigenvalue weighted by atomic mass is 32.2. The number of rotatable bonds is 9. The number of aromatic nitrogens is 3. The van der Waals surface area contributed by atoms with E-state index >= 15 is 0 Å². The Bertz CT molecular complexity index is 836. The minimum atomic E-state index is 0.0551. The van der Waals surface area contributed by atoms with Gasteiger partial charge in [0.05, 0.1) is 5.75 Å². The van der Waals surface area contributed by atoms with Crippen molar-refractivity contribution >= 4 is 17.7 Å². The minimum absolute atomic E-state index is 0.0551. The van der Waals surface area contributed by atoms with Crippen molar-refractivity contribution in [3.05, 3.63) is 48.3 Å². The second-order valence-electron chi connectivity index (χ2n) is 7.63. The number of carbonyl (C=O) groups is 1. The first kappa shape index (κ1) is 21.4. The van der Waals surface area contributed by atoms with Gasteiger partial charge in [-0.2, -0.15) is 0 Å². The molecule has 1 aliphatic carbocycles. The highest BCUT2D eigenvalue weighted by Gasteiger charge is 2.23. The van der Waals surface area contributed by atoms with Crippen LogP contribution >= 0.6 is 11.8 Å². The van der Waals surface area contributed by atoms with Crippen molar-refractivity contribution in [2.75, 3.05) is 5.75 Å². The molecule has 1 saturated carbocycles. The molecule has 1 N–H and O–H groups in total. The monoisotopic (exact) mass is 414 g/mol. The lowest BCUT2D eigenvalue weighted by molar-refractivity contribution is -0.119. The fraction of sp³-hybridized carbons (Fsp3) is 0.500. The van der Waals surface area contributed by atoms with Crippen LogP contribution in [0.15, 0.2) is 42.1 Å². The maximum absolute atomic E-state index is 12.4. The van der Waals surface area contributed by atoms with Gasteiger partial charge in [-0.15, -0.1) is 16.8 Å². The van der Waals surface area contributed by atoms with Crippen LogP contribution in [0.1, 0.15) is 44.0 Å². The molecular formula is C22H30N4O2S. The van der Waals surface area contributed by atoms with Gasteiger partial charge in [-0.1, -0.05) is 49.7 Å². The largest absolute Gasteiger partial charge is 0.486 e. The summed E-state index contributed by atoms with van der Waals surface area (Å²) in [5, 5.41) is 12.4. The van der Waals surface area contributed by atoms with E-state index in [4.69, 9.17) is 4.74 Å². The Labute approximate surface area is 177 Å². The van der Waals surface area contributed by atoms with Crippen molar-refractivity contribution in [2.24, 2.45) is 5.92 Å². The zero-order valence-electron chi connectivity index (χ0n) is 17.3. The van der Waals surface area contributed by atoms with Crippen molar-refractivity contribution in [3.63, 3.8) is 0 Å². The average Bonchev–Trinajstić information content (AvgIpc) is 3.09. The van der Waals surface area contributed by atoms with E-state index in [2.05, 4.69) is 29.0 Å². The predicted molar refractivity (Wildman–Crippen MR) is 116 cm³/mol. The number of nitrogens with one attached hydrogen (secondary N) is 1. The molecule has 3 rings (SSSR count). The first-order valence-electron chi connectivity index (χ1n) is 10.2. The molecule has 1 aromatic carbocycles. The van der Waals surface area contributed by atoms with E-state index in [1.807, 2.05) is 35.8 Å². The Balaban J connectivity index is 1.57. The second-order valence-corrected chi connectivity index (χ2v) is 8.57. The van der Waals surface area contributed by atoms with Gasteiger partial charge in [-0.05, 0) is 43.4 Å². The van der Waals surface area contributed by atoms with Gasteiger partial charge in [0.2, 0.25) is 5.91 Å². The molecule has 0 bridgehead atoms. The molecule has 6 nitrogen and oxygen atoms in total. The summed E-state index contributed by atoms with van der Waals surface area (Å²) < 4.78 is 7.81. The highest BCUT2D eigenvalue weighted by molar-refractivity contribution is 7.99. The lowest BCUT2D eigenvalue weighted by Gasteiger charge is -2.29. The van der Waals surface area contributed by atoms with Crippen LogP contribution in [0.5, 0.6) is 5.75 Å². The number of thioether (sulfide) groups is 1. The lowest BCUT2D eigenvalue weighted by Crippen LogP contribution is -2.41. The van der Waals surface area contributed by atoms with Crippen LogP contribution in [-0.4, -0.2) is 32.5 Å². The number of benzene rings is 1. The molecule has 1 aliphatic rings. The molecule has 7 heteroatoms. The van der Waals surface area contributed by atoms with Crippen LogP contribution in [0.2, 0.25) is 0 Å². The number of nitrogens with zero attached hydrogens (tertiary/aromatic N) is 3. The predicted octanol–water partition coefficient (Wildman–Crippen LogP) is 4.14. The highest BCUT2D eigenvalue weighted by Crippen LogP contribution is 2.24. The summed E-state index contributed by atoms with van der Waals surface area (Å²) in [5.41, 5.74) is 1.14. The van der Waals surface area contributed by atoms with Crippen LogP contribution in [0, 0.1) is 12.8 Å². The maximum atomic E-state index is 12.4. The molecule has 2 atom stereocenters. The third-order valence-electron chi connectivity index (χ3n) is 5.25. The van der Waals surface area contributed by atoms with Gasteiger partial charge in [-0.3, -0.25) is 9.36 Å².